The molecule has 118 valence electrons. The summed E-state index contributed by atoms with van der Waals surface area (Å²) >= 11 is 0. The minimum atomic E-state index is -0.0310. The number of carbonyl (C=O) groups is 1. The average molecular weight is 307 g/mol. The molecule has 0 unspecified atom stereocenters. The highest BCUT2D eigenvalue weighted by Crippen LogP contribution is 2.24. The Hall–Kier alpha value is -2.62. The Bertz CT molecular complexity index is 806. The number of nitrogens with zero attached hydrogens (tertiary/aromatic N) is 2. The Labute approximate surface area is 136 Å². The summed E-state index contributed by atoms with van der Waals surface area (Å²) < 4.78 is 2.14. The van der Waals surface area contributed by atoms with Gasteiger partial charge >= 0.3 is 0 Å². The topological polar surface area (TPSA) is 46.9 Å². The maximum Gasteiger partial charge on any atom is 0.253 e. The zero-order chi connectivity index (χ0) is 16.2. The highest BCUT2D eigenvalue weighted by Gasteiger charge is 2.15. The summed E-state index contributed by atoms with van der Waals surface area (Å²) in [4.78, 5) is 16.8. The molecule has 3 aromatic rings. The van der Waals surface area contributed by atoms with Crippen molar-refractivity contribution in [2.75, 3.05) is 6.54 Å². The second-order valence-electron chi connectivity index (χ2n) is 5.89. The first-order chi connectivity index (χ1) is 11.2. The molecule has 0 aliphatic heterocycles. The first kappa shape index (κ1) is 15.3. The minimum absolute atomic E-state index is 0.0310. The summed E-state index contributed by atoms with van der Waals surface area (Å²) in [6.45, 7) is 4.82. The molecule has 0 saturated heterocycles. The van der Waals surface area contributed by atoms with E-state index in [0.717, 1.165) is 28.6 Å². The van der Waals surface area contributed by atoms with Gasteiger partial charge in [-0.05, 0) is 32.0 Å². The highest BCUT2D eigenvalue weighted by atomic mass is 16.1. The van der Waals surface area contributed by atoms with Crippen molar-refractivity contribution >= 4 is 16.8 Å². The van der Waals surface area contributed by atoms with Gasteiger partial charge in [0.2, 0.25) is 0 Å². The summed E-state index contributed by atoms with van der Waals surface area (Å²) in [5.74, 6) is -0.0310. The lowest BCUT2D eigenvalue weighted by molar-refractivity contribution is 0.0955. The van der Waals surface area contributed by atoms with E-state index >= 15 is 0 Å². The van der Waals surface area contributed by atoms with Gasteiger partial charge in [-0.25, -0.2) is 0 Å². The van der Waals surface area contributed by atoms with Crippen LogP contribution in [-0.4, -0.2) is 22.0 Å². The van der Waals surface area contributed by atoms with Gasteiger partial charge in [0.25, 0.3) is 5.91 Å². The SMILES string of the molecule is CC(C)n1cc(C(=O)NCCc2ccccn2)c2ccccc21. The van der Waals surface area contributed by atoms with Crippen LogP contribution in [0.15, 0.2) is 54.9 Å². The van der Waals surface area contributed by atoms with Gasteiger partial charge in [0.1, 0.15) is 0 Å². The van der Waals surface area contributed by atoms with Crippen LogP contribution in [0.4, 0.5) is 0 Å². The molecular weight excluding hydrogens is 286 g/mol. The third-order valence-corrected chi connectivity index (χ3v) is 3.93. The molecule has 2 aromatic heterocycles. The van der Waals surface area contributed by atoms with E-state index in [1.165, 1.54) is 0 Å². The Kier molecular flexibility index (Phi) is 4.42. The second-order valence-corrected chi connectivity index (χ2v) is 5.89. The monoisotopic (exact) mass is 307 g/mol. The van der Waals surface area contributed by atoms with Crippen LogP contribution in [0.25, 0.3) is 10.9 Å². The molecule has 0 atom stereocenters. The fraction of sp³-hybridized carbons (Fsp3) is 0.263. The van der Waals surface area contributed by atoms with Gasteiger partial charge in [-0.15, -0.1) is 0 Å². The van der Waals surface area contributed by atoms with Crippen molar-refractivity contribution in [2.24, 2.45) is 0 Å². The van der Waals surface area contributed by atoms with Crippen LogP contribution in [-0.2, 0) is 6.42 Å². The lowest BCUT2D eigenvalue weighted by atomic mass is 10.1. The Morgan fingerprint density at radius 3 is 2.70 bits per heavy atom. The number of amides is 1. The Balaban J connectivity index is 1.76. The maximum absolute atomic E-state index is 12.5. The lowest BCUT2D eigenvalue weighted by Gasteiger charge is -2.08. The molecule has 0 bridgehead atoms. The standard InChI is InChI=1S/C19H21N3O/c1-14(2)22-13-17(16-8-3-4-9-18(16)22)19(23)21-12-10-15-7-5-6-11-20-15/h3-9,11,13-14H,10,12H2,1-2H3,(H,21,23). The number of aromatic nitrogens is 2. The van der Waals surface area contributed by atoms with Gasteiger partial charge < -0.3 is 9.88 Å². The van der Waals surface area contributed by atoms with Crippen molar-refractivity contribution in [1.82, 2.24) is 14.9 Å². The molecule has 4 heteroatoms. The van der Waals surface area contributed by atoms with Crippen LogP contribution in [0.5, 0.6) is 0 Å². The van der Waals surface area contributed by atoms with E-state index in [-0.39, 0.29) is 5.91 Å². The molecule has 0 saturated carbocycles. The van der Waals surface area contributed by atoms with Gasteiger partial charge in [-0.3, -0.25) is 9.78 Å². The number of nitrogens with one attached hydrogen (secondary N) is 1. The molecule has 0 fully saturated rings. The van der Waals surface area contributed by atoms with Crippen molar-refractivity contribution in [2.45, 2.75) is 26.3 Å². The number of hydrogen-bond acceptors (Lipinski definition) is 2. The molecule has 0 aliphatic rings. The zero-order valence-electron chi connectivity index (χ0n) is 13.5. The minimum Gasteiger partial charge on any atom is -0.352 e. The number of hydrogen-bond donors (Lipinski definition) is 1. The van der Waals surface area contributed by atoms with Crippen molar-refractivity contribution < 1.29 is 4.79 Å². The van der Waals surface area contributed by atoms with E-state index in [2.05, 4.69) is 34.8 Å². The van der Waals surface area contributed by atoms with Crippen LogP contribution < -0.4 is 5.32 Å². The summed E-state index contributed by atoms with van der Waals surface area (Å²) in [6, 6.07) is 14.2. The highest BCUT2D eigenvalue weighted by molar-refractivity contribution is 6.07. The molecule has 0 radical (unpaired) electrons. The van der Waals surface area contributed by atoms with E-state index in [9.17, 15) is 4.79 Å². The molecule has 0 aliphatic carbocycles. The van der Waals surface area contributed by atoms with Crippen LogP contribution >= 0.6 is 0 Å². The van der Waals surface area contributed by atoms with Crippen LogP contribution in [0.1, 0.15) is 35.9 Å². The molecule has 23 heavy (non-hydrogen) atoms. The van der Waals surface area contributed by atoms with E-state index in [1.807, 2.05) is 42.6 Å². The van der Waals surface area contributed by atoms with E-state index in [0.29, 0.717) is 12.6 Å². The molecule has 2 heterocycles. The summed E-state index contributed by atoms with van der Waals surface area (Å²) in [5, 5.41) is 4.00. The molecule has 3 rings (SSSR count). The fourth-order valence-electron chi connectivity index (χ4n) is 2.76. The van der Waals surface area contributed by atoms with Gasteiger partial charge in [0, 0.05) is 48.0 Å². The molecule has 1 N–H and O–H groups in total. The smallest absolute Gasteiger partial charge is 0.253 e. The lowest BCUT2D eigenvalue weighted by Crippen LogP contribution is -2.25. The van der Waals surface area contributed by atoms with Crippen LogP contribution in [0.3, 0.4) is 0 Å². The average Bonchev–Trinajstić information content (AvgIpc) is 2.96. The summed E-state index contributed by atoms with van der Waals surface area (Å²) in [6.07, 6.45) is 4.45. The first-order valence-electron chi connectivity index (χ1n) is 7.94. The number of benzene rings is 1. The van der Waals surface area contributed by atoms with Gasteiger partial charge in [-0.2, -0.15) is 0 Å². The number of rotatable bonds is 5. The third kappa shape index (κ3) is 3.26. The predicted octanol–water partition coefficient (Wildman–Crippen LogP) is 3.59. The summed E-state index contributed by atoms with van der Waals surface area (Å²) in [5.41, 5.74) is 2.81. The first-order valence-corrected chi connectivity index (χ1v) is 7.94. The normalized spacial score (nSPS) is 11.1. The number of carbonyl (C=O) groups excluding carboxylic acids is 1. The molecular formula is C19H21N3O. The van der Waals surface area contributed by atoms with Crippen molar-refractivity contribution in [1.29, 1.82) is 0 Å². The van der Waals surface area contributed by atoms with Crippen LogP contribution in [0.2, 0.25) is 0 Å². The van der Waals surface area contributed by atoms with E-state index < -0.39 is 0 Å². The number of pyridine rings is 1. The number of para-hydroxylation sites is 1. The Morgan fingerprint density at radius 1 is 1.17 bits per heavy atom. The van der Waals surface area contributed by atoms with Gasteiger partial charge in [0.05, 0.1) is 5.56 Å². The predicted molar refractivity (Wildman–Crippen MR) is 92.6 cm³/mol. The molecule has 4 nitrogen and oxygen atoms in total. The Morgan fingerprint density at radius 2 is 1.96 bits per heavy atom. The van der Waals surface area contributed by atoms with Crippen molar-refractivity contribution in [3.8, 4) is 0 Å². The van der Waals surface area contributed by atoms with E-state index in [4.69, 9.17) is 0 Å². The quantitative estimate of drug-likeness (QED) is 0.783. The number of fused-ring (bicyclic) bond motifs is 1. The summed E-state index contributed by atoms with van der Waals surface area (Å²) in [7, 11) is 0. The van der Waals surface area contributed by atoms with Gasteiger partial charge in [0.15, 0.2) is 0 Å². The second kappa shape index (κ2) is 6.65. The largest absolute Gasteiger partial charge is 0.352 e. The van der Waals surface area contributed by atoms with Crippen LogP contribution in [0, 0.1) is 0 Å². The molecule has 1 aromatic carbocycles. The van der Waals surface area contributed by atoms with Gasteiger partial charge in [-0.1, -0.05) is 24.3 Å². The molecule has 1 amide bonds. The van der Waals surface area contributed by atoms with E-state index in [1.54, 1.807) is 6.20 Å². The third-order valence-electron chi connectivity index (χ3n) is 3.93. The zero-order valence-corrected chi connectivity index (χ0v) is 13.5. The maximum atomic E-state index is 12.5. The van der Waals surface area contributed by atoms with Crippen molar-refractivity contribution in [3.05, 3.63) is 66.1 Å². The fourth-order valence-corrected chi connectivity index (χ4v) is 2.76. The molecule has 0 spiro atoms. The van der Waals surface area contributed by atoms with Crippen molar-refractivity contribution in [3.63, 3.8) is 0 Å².